The topological polar surface area (TPSA) is 55.8 Å². The van der Waals surface area contributed by atoms with Gasteiger partial charge in [0.05, 0.1) is 0 Å². The van der Waals surface area contributed by atoms with Crippen LogP contribution >= 0.6 is 0 Å². The van der Waals surface area contributed by atoms with Crippen molar-refractivity contribution in [2.45, 2.75) is 13.0 Å². The largest absolute Gasteiger partial charge is 0.479 e. The summed E-state index contributed by atoms with van der Waals surface area (Å²) in [6, 6.07) is 0. The molecule has 0 aliphatic heterocycles. The van der Waals surface area contributed by atoms with Crippen LogP contribution in [0.3, 0.4) is 0 Å². The average Bonchev–Trinajstić information content (AvgIpc) is 1.82. The number of methoxy groups -OCH3 is 1. The molecule has 1 atom stereocenters. The SMILES string of the molecule is COCOC(C)C(=O)O. The van der Waals surface area contributed by atoms with Crippen molar-refractivity contribution < 1.29 is 19.4 Å². The van der Waals surface area contributed by atoms with Crippen LogP contribution in [0.4, 0.5) is 0 Å². The summed E-state index contributed by atoms with van der Waals surface area (Å²) < 4.78 is 9.11. The van der Waals surface area contributed by atoms with Crippen LogP contribution in [0.15, 0.2) is 0 Å². The average molecular weight is 134 g/mol. The van der Waals surface area contributed by atoms with E-state index in [2.05, 4.69) is 9.47 Å². The van der Waals surface area contributed by atoms with Gasteiger partial charge in [-0.25, -0.2) is 4.79 Å². The van der Waals surface area contributed by atoms with E-state index in [0.29, 0.717) is 0 Å². The Kier molecular flexibility index (Phi) is 4.00. The molecule has 0 rings (SSSR count). The summed E-state index contributed by atoms with van der Waals surface area (Å²) in [5, 5.41) is 8.23. The van der Waals surface area contributed by atoms with Crippen LogP contribution in [0, 0.1) is 0 Å². The van der Waals surface area contributed by atoms with Crippen molar-refractivity contribution >= 4 is 5.97 Å². The number of ether oxygens (including phenoxy) is 2. The highest BCUT2D eigenvalue weighted by Gasteiger charge is 2.09. The number of aliphatic carboxylic acids is 1. The van der Waals surface area contributed by atoms with Gasteiger partial charge in [-0.05, 0) is 6.92 Å². The standard InChI is InChI=1S/C5H10O4/c1-4(5(6)7)9-3-8-2/h4H,3H2,1-2H3,(H,6,7). The molecule has 0 saturated carbocycles. The van der Waals surface area contributed by atoms with Crippen molar-refractivity contribution in [3.63, 3.8) is 0 Å². The monoisotopic (exact) mass is 134 g/mol. The molecule has 0 fully saturated rings. The van der Waals surface area contributed by atoms with Gasteiger partial charge in [0.25, 0.3) is 0 Å². The highest BCUT2D eigenvalue weighted by atomic mass is 16.7. The smallest absolute Gasteiger partial charge is 0.332 e. The highest BCUT2D eigenvalue weighted by Crippen LogP contribution is 1.88. The van der Waals surface area contributed by atoms with E-state index in [9.17, 15) is 4.79 Å². The molecule has 0 aliphatic rings. The summed E-state index contributed by atoms with van der Waals surface area (Å²) in [6.45, 7) is 1.47. The molecule has 4 nitrogen and oxygen atoms in total. The number of carboxylic acids is 1. The summed E-state index contributed by atoms with van der Waals surface area (Å²) in [5.41, 5.74) is 0. The molecule has 9 heavy (non-hydrogen) atoms. The molecule has 1 unspecified atom stereocenters. The minimum atomic E-state index is -0.980. The first kappa shape index (κ1) is 8.39. The third-order valence-electron chi connectivity index (χ3n) is 0.784. The van der Waals surface area contributed by atoms with E-state index in [-0.39, 0.29) is 6.79 Å². The minimum Gasteiger partial charge on any atom is -0.479 e. The minimum absolute atomic E-state index is 0.0213. The second-order valence-corrected chi connectivity index (χ2v) is 1.55. The van der Waals surface area contributed by atoms with Gasteiger partial charge in [-0.3, -0.25) is 0 Å². The zero-order chi connectivity index (χ0) is 7.28. The lowest BCUT2D eigenvalue weighted by atomic mass is 10.4. The molecule has 0 amide bonds. The first-order valence-corrected chi connectivity index (χ1v) is 2.52. The van der Waals surface area contributed by atoms with Crippen LogP contribution in [-0.2, 0) is 14.3 Å². The van der Waals surface area contributed by atoms with Gasteiger partial charge in [0.1, 0.15) is 6.79 Å². The maximum Gasteiger partial charge on any atom is 0.332 e. The van der Waals surface area contributed by atoms with E-state index in [1.165, 1.54) is 14.0 Å². The fraction of sp³-hybridized carbons (Fsp3) is 0.800. The third-order valence-corrected chi connectivity index (χ3v) is 0.784. The Hall–Kier alpha value is -0.610. The Morgan fingerprint density at radius 3 is 2.67 bits per heavy atom. The Labute approximate surface area is 53.4 Å². The molecule has 0 spiro atoms. The van der Waals surface area contributed by atoms with Crippen molar-refractivity contribution in [3.8, 4) is 0 Å². The molecular weight excluding hydrogens is 124 g/mol. The summed E-state index contributed by atoms with van der Waals surface area (Å²) in [4.78, 5) is 10.0. The number of hydrogen-bond donors (Lipinski definition) is 1. The molecule has 0 heterocycles. The van der Waals surface area contributed by atoms with E-state index >= 15 is 0 Å². The van der Waals surface area contributed by atoms with Gasteiger partial charge in [-0.2, -0.15) is 0 Å². The maximum atomic E-state index is 10.0. The Morgan fingerprint density at radius 2 is 2.33 bits per heavy atom. The lowest BCUT2D eigenvalue weighted by molar-refractivity contribution is -0.156. The molecule has 4 heteroatoms. The van der Waals surface area contributed by atoms with Crippen LogP contribution < -0.4 is 0 Å². The van der Waals surface area contributed by atoms with Gasteiger partial charge >= 0.3 is 5.97 Å². The van der Waals surface area contributed by atoms with E-state index in [0.717, 1.165) is 0 Å². The zero-order valence-corrected chi connectivity index (χ0v) is 5.46. The van der Waals surface area contributed by atoms with Crippen molar-refractivity contribution in [1.82, 2.24) is 0 Å². The van der Waals surface area contributed by atoms with E-state index in [4.69, 9.17) is 5.11 Å². The number of rotatable bonds is 4. The second kappa shape index (κ2) is 4.29. The molecule has 0 radical (unpaired) electrons. The van der Waals surface area contributed by atoms with Crippen LogP contribution in [0.5, 0.6) is 0 Å². The molecule has 0 aromatic heterocycles. The fourth-order valence-corrected chi connectivity index (χ4v) is 0.241. The fourth-order valence-electron chi connectivity index (χ4n) is 0.241. The van der Waals surface area contributed by atoms with E-state index < -0.39 is 12.1 Å². The summed E-state index contributed by atoms with van der Waals surface area (Å²) in [5.74, 6) is -0.980. The number of hydrogen-bond acceptors (Lipinski definition) is 3. The summed E-state index contributed by atoms with van der Waals surface area (Å²) >= 11 is 0. The van der Waals surface area contributed by atoms with Gasteiger partial charge in [0.2, 0.25) is 0 Å². The lowest BCUT2D eigenvalue weighted by Gasteiger charge is -2.05. The highest BCUT2D eigenvalue weighted by molar-refractivity contribution is 5.71. The van der Waals surface area contributed by atoms with Gasteiger partial charge < -0.3 is 14.6 Å². The Balaban J connectivity index is 3.27. The Bertz CT molecular complexity index is 91.0. The first-order chi connectivity index (χ1) is 4.18. The van der Waals surface area contributed by atoms with Crippen LogP contribution in [0.25, 0.3) is 0 Å². The molecule has 0 aromatic carbocycles. The number of carboxylic acid groups (broad SMARTS) is 1. The van der Waals surface area contributed by atoms with Crippen molar-refractivity contribution in [2.75, 3.05) is 13.9 Å². The first-order valence-electron chi connectivity index (χ1n) is 2.52. The lowest BCUT2D eigenvalue weighted by Crippen LogP contribution is -2.20. The van der Waals surface area contributed by atoms with Gasteiger partial charge in [0.15, 0.2) is 6.10 Å². The third kappa shape index (κ3) is 3.93. The van der Waals surface area contributed by atoms with E-state index in [1.807, 2.05) is 0 Å². The normalized spacial score (nSPS) is 13.1. The van der Waals surface area contributed by atoms with Crippen molar-refractivity contribution in [3.05, 3.63) is 0 Å². The molecule has 0 bridgehead atoms. The predicted molar refractivity (Wildman–Crippen MR) is 30.1 cm³/mol. The zero-order valence-electron chi connectivity index (χ0n) is 5.46. The van der Waals surface area contributed by atoms with Gasteiger partial charge in [0, 0.05) is 7.11 Å². The van der Waals surface area contributed by atoms with Gasteiger partial charge in [-0.15, -0.1) is 0 Å². The summed E-state index contributed by atoms with van der Waals surface area (Å²) in [6.07, 6.45) is -0.787. The van der Waals surface area contributed by atoms with Gasteiger partial charge in [-0.1, -0.05) is 0 Å². The van der Waals surface area contributed by atoms with Crippen molar-refractivity contribution in [2.24, 2.45) is 0 Å². The molecule has 0 aliphatic carbocycles. The second-order valence-electron chi connectivity index (χ2n) is 1.55. The summed E-state index contributed by atoms with van der Waals surface area (Å²) in [7, 11) is 1.44. The molecule has 0 aromatic rings. The molecular formula is C5H10O4. The molecule has 0 saturated heterocycles. The Morgan fingerprint density at radius 1 is 1.78 bits per heavy atom. The van der Waals surface area contributed by atoms with Crippen LogP contribution in [-0.4, -0.2) is 31.1 Å². The van der Waals surface area contributed by atoms with Crippen LogP contribution in [0.2, 0.25) is 0 Å². The molecule has 1 N–H and O–H groups in total. The predicted octanol–water partition coefficient (Wildman–Crippen LogP) is 0.0800. The quantitative estimate of drug-likeness (QED) is 0.553. The molecule has 54 valence electrons. The maximum absolute atomic E-state index is 10.0. The van der Waals surface area contributed by atoms with Crippen molar-refractivity contribution in [1.29, 1.82) is 0 Å². The van der Waals surface area contributed by atoms with Crippen LogP contribution in [0.1, 0.15) is 6.92 Å². The number of carbonyl (C=O) groups is 1. The van der Waals surface area contributed by atoms with E-state index in [1.54, 1.807) is 0 Å².